The van der Waals surface area contributed by atoms with E-state index in [0.29, 0.717) is 0 Å². The third-order valence-corrected chi connectivity index (χ3v) is 5.37. The molecule has 1 rings (SSSR count). The zero-order valence-corrected chi connectivity index (χ0v) is 14.4. The molecule has 1 amide bonds. The number of rotatable bonds is 4. The van der Waals surface area contributed by atoms with E-state index in [-0.39, 0.29) is 15.5 Å². The summed E-state index contributed by atoms with van der Waals surface area (Å²) in [6.45, 7) is 0. The van der Waals surface area contributed by atoms with Crippen LogP contribution >= 0.6 is 31.9 Å². The number of nitrogens with two attached hydrogens (primary N) is 2. The number of hydrogen-bond acceptors (Lipinski definition) is 5. The van der Waals surface area contributed by atoms with Crippen molar-refractivity contribution >= 4 is 63.5 Å². The number of primary sulfonamides is 2. The number of sulfonamides is 2. The van der Waals surface area contributed by atoms with Gasteiger partial charge in [-0.3, -0.25) is 4.79 Å². The van der Waals surface area contributed by atoms with Gasteiger partial charge in [-0.15, -0.1) is 0 Å². The fourth-order valence-corrected chi connectivity index (χ4v) is 3.82. The molecule has 0 aliphatic heterocycles. The van der Waals surface area contributed by atoms with Crippen LogP contribution in [0.3, 0.4) is 0 Å². The number of anilines is 1. The average molecular weight is 451 g/mol. The monoisotopic (exact) mass is 449 g/mol. The van der Waals surface area contributed by atoms with Gasteiger partial charge >= 0.3 is 0 Å². The third kappa shape index (κ3) is 4.23. The van der Waals surface area contributed by atoms with Gasteiger partial charge in [0, 0.05) is 4.47 Å². The van der Waals surface area contributed by atoms with Crippen molar-refractivity contribution in [2.24, 2.45) is 10.3 Å². The highest BCUT2D eigenvalue weighted by atomic mass is 79.9. The average Bonchev–Trinajstić information content (AvgIpc) is 2.25. The Bertz CT molecular complexity index is 761. The van der Waals surface area contributed by atoms with Crippen LogP contribution in [0, 0.1) is 0 Å². The maximum atomic E-state index is 11.5. The van der Waals surface area contributed by atoms with E-state index in [1.807, 2.05) is 0 Å². The number of amides is 1. The first-order valence-electron chi connectivity index (χ1n) is 4.71. The Morgan fingerprint density at radius 3 is 2.00 bits per heavy atom. The molecule has 0 spiro atoms. The summed E-state index contributed by atoms with van der Waals surface area (Å²) in [5, 5.41) is 12.2. The van der Waals surface area contributed by atoms with Crippen molar-refractivity contribution in [3.8, 4) is 0 Å². The lowest BCUT2D eigenvalue weighted by Crippen LogP contribution is -2.21. The quantitative estimate of drug-likeness (QED) is 0.555. The maximum Gasteiger partial charge on any atom is 0.240 e. The lowest BCUT2D eigenvalue weighted by atomic mass is 10.3. The van der Waals surface area contributed by atoms with Crippen LogP contribution in [-0.4, -0.2) is 28.1 Å². The number of alkyl halides is 1. The second-order valence-electron chi connectivity index (χ2n) is 3.55. The number of hydrogen-bond donors (Lipinski definition) is 3. The molecule has 5 N–H and O–H groups in total. The van der Waals surface area contributed by atoms with E-state index in [4.69, 9.17) is 10.3 Å². The van der Waals surface area contributed by atoms with E-state index in [9.17, 15) is 21.6 Å². The van der Waals surface area contributed by atoms with Crippen molar-refractivity contribution in [3.63, 3.8) is 0 Å². The van der Waals surface area contributed by atoms with Crippen LogP contribution < -0.4 is 15.6 Å². The van der Waals surface area contributed by atoms with Gasteiger partial charge in [-0.25, -0.2) is 27.1 Å². The van der Waals surface area contributed by atoms with Crippen LogP contribution in [0.15, 0.2) is 26.4 Å². The van der Waals surface area contributed by atoms with Gasteiger partial charge in [-0.2, -0.15) is 0 Å². The SMILES string of the molecule is NS(=O)(=O)c1cc(S(N)(=O)=O)c(NC(=O)CBr)cc1Br. The molecule has 20 heavy (non-hydrogen) atoms. The summed E-state index contributed by atoms with van der Waals surface area (Å²) in [4.78, 5) is 10.3. The van der Waals surface area contributed by atoms with Gasteiger partial charge in [0.1, 0.15) is 4.90 Å². The summed E-state index contributed by atoms with van der Waals surface area (Å²) in [7, 11) is -8.41. The lowest BCUT2D eigenvalue weighted by Gasteiger charge is -2.12. The van der Waals surface area contributed by atoms with E-state index >= 15 is 0 Å². The summed E-state index contributed by atoms with van der Waals surface area (Å²) >= 11 is 5.83. The zero-order chi connectivity index (χ0) is 15.7. The Morgan fingerprint density at radius 1 is 1.10 bits per heavy atom. The summed E-state index contributed by atoms with van der Waals surface area (Å²) in [6, 6.07) is 1.87. The zero-order valence-electron chi connectivity index (χ0n) is 9.63. The molecule has 0 bridgehead atoms. The first-order valence-corrected chi connectivity index (χ1v) is 9.72. The third-order valence-electron chi connectivity index (χ3n) is 2.04. The van der Waals surface area contributed by atoms with Gasteiger partial charge in [0.05, 0.1) is 15.9 Å². The molecular formula is C8H9Br2N3O5S2. The van der Waals surface area contributed by atoms with Gasteiger partial charge in [-0.05, 0) is 28.1 Å². The number of benzene rings is 1. The van der Waals surface area contributed by atoms with Crippen LogP contribution in [0.2, 0.25) is 0 Å². The number of carbonyl (C=O) groups excluding carboxylic acids is 1. The molecular weight excluding hydrogens is 442 g/mol. The van der Waals surface area contributed by atoms with E-state index in [1.165, 1.54) is 0 Å². The number of halogens is 2. The molecule has 0 saturated carbocycles. The molecule has 0 aliphatic rings. The number of carbonyl (C=O) groups is 1. The van der Waals surface area contributed by atoms with Crippen LogP contribution in [-0.2, 0) is 24.8 Å². The standard InChI is InChI=1S/C8H9Br2N3O5S2/c9-3-8(14)13-5-1-4(10)6(19(11,15)16)2-7(5)20(12,17)18/h1-2H,3H2,(H,13,14)(H2,11,15,16)(H2,12,17,18). The first kappa shape index (κ1) is 17.5. The molecule has 0 fully saturated rings. The van der Waals surface area contributed by atoms with Crippen molar-refractivity contribution in [2.75, 3.05) is 10.6 Å². The maximum absolute atomic E-state index is 11.5. The van der Waals surface area contributed by atoms with E-state index in [1.54, 1.807) is 0 Å². The Kier molecular flexibility index (Phi) is 5.32. The highest BCUT2D eigenvalue weighted by Gasteiger charge is 2.22. The Hall–Kier alpha value is -0.530. The molecule has 0 atom stereocenters. The predicted octanol–water partition coefficient (Wildman–Crippen LogP) is 0.0773. The molecule has 0 radical (unpaired) electrons. The minimum Gasteiger partial charge on any atom is -0.324 e. The van der Waals surface area contributed by atoms with E-state index < -0.39 is 35.7 Å². The van der Waals surface area contributed by atoms with Crippen molar-refractivity contribution in [1.82, 2.24) is 0 Å². The second kappa shape index (κ2) is 6.07. The molecule has 0 saturated heterocycles. The summed E-state index contributed by atoms with van der Waals surface area (Å²) in [6.07, 6.45) is 0. The minimum atomic E-state index is -4.26. The van der Waals surface area contributed by atoms with Gasteiger partial charge < -0.3 is 5.32 Å². The lowest BCUT2D eigenvalue weighted by molar-refractivity contribution is -0.113. The number of nitrogens with one attached hydrogen (secondary N) is 1. The van der Waals surface area contributed by atoms with Gasteiger partial charge in [0.2, 0.25) is 26.0 Å². The largest absolute Gasteiger partial charge is 0.324 e. The topological polar surface area (TPSA) is 149 Å². The molecule has 1 aromatic carbocycles. The summed E-state index contributed by atoms with van der Waals surface area (Å²) < 4.78 is 45.6. The molecule has 1 aromatic rings. The van der Waals surface area contributed by atoms with Gasteiger partial charge in [0.15, 0.2) is 0 Å². The molecule has 12 heteroatoms. The van der Waals surface area contributed by atoms with E-state index in [2.05, 4.69) is 37.2 Å². The molecule has 112 valence electrons. The van der Waals surface area contributed by atoms with Crippen molar-refractivity contribution in [1.29, 1.82) is 0 Å². The Balaban J connectivity index is 3.62. The highest BCUT2D eigenvalue weighted by molar-refractivity contribution is 9.10. The molecule has 8 nitrogen and oxygen atoms in total. The van der Waals surface area contributed by atoms with Crippen molar-refractivity contribution < 1.29 is 21.6 Å². The van der Waals surface area contributed by atoms with Crippen molar-refractivity contribution in [3.05, 3.63) is 16.6 Å². The van der Waals surface area contributed by atoms with Crippen molar-refractivity contribution in [2.45, 2.75) is 9.79 Å². The summed E-state index contributed by atoms with van der Waals surface area (Å²) in [5.74, 6) is -0.537. The Labute approximate surface area is 132 Å². The van der Waals surface area contributed by atoms with Gasteiger partial charge in [-0.1, -0.05) is 15.9 Å². The van der Waals surface area contributed by atoms with Gasteiger partial charge in [0.25, 0.3) is 0 Å². The van der Waals surface area contributed by atoms with Crippen LogP contribution in [0.1, 0.15) is 0 Å². The van der Waals surface area contributed by atoms with E-state index in [0.717, 1.165) is 12.1 Å². The fraction of sp³-hybridized carbons (Fsp3) is 0.125. The van der Waals surface area contributed by atoms with Crippen LogP contribution in [0.5, 0.6) is 0 Å². The van der Waals surface area contributed by atoms with Crippen LogP contribution in [0.25, 0.3) is 0 Å². The molecule has 0 unspecified atom stereocenters. The highest BCUT2D eigenvalue weighted by Crippen LogP contribution is 2.30. The normalized spacial score (nSPS) is 12.2. The first-order chi connectivity index (χ1) is 8.96. The molecule has 0 aromatic heterocycles. The molecule has 0 heterocycles. The predicted molar refractivity (Wildman–Crippen MR) is 79.3 cm³/mol. The second-order valence-corrected chi connectivity index (χ2v) is 8.03. The molecule has 0 aliphatic carbocycles. The summed E-state index contributed by atoms with van der Waals surface area (Å²) in [5.41, 5.74) is -0.156. The fourth-order valence-electron chi connectivity index (χ4n) is 1.27. The minimum absolute atomic E-state index is 0.00253. The van der Waals surface area contributed by atoms with Crippen LogP contribution in [0.4, 0.5) is 5.69 Å². The Morgan fingerprint density at radius 2 is 1.60 bits per heavy atom. The smallest absolute Gasteiger partial charge is 0.240 e.